The molecular formula is C16H19NO6. The largest absolute Gasteiger partial charge is 0.393 e. The van der Waals surface area contributed by atoms with Crippen LogP contribution >= 0.6 is 0 Å². The molecule has 4 atom stereocenters. The standard InChI is InChI=1S/C16H19NO6/c18-10-16(22)7-6-15(13(20)14(16)21)8-12(19)17(15)23-9-11-4-2-1-3-5-11/h1-7,13-14,18,20-22H,8-10H2/t13-,14+,15+,16-/m1/s1. The number of aliphatic hydroxyl groups is 4. The quantitative estimate of drug-likeness (QED) is 0.423. The topological polar surface area (TPSA) is 110 Å². The van der Waals surface area contributed by atoms with E-state index in [1.54, 1.807) is 0 Å². The molecule has 124 valence electrons. The number of benzene rings is 1. The highest BCUT2D eigenvalue weighted by molar-refractivity contribution is 5.85. The molecule has 7 nitrogen and oxygen atoms in total. The first-order chi connectivity index (χ1) is 10.9. The molecule has 1 aromatic carbocycles. The van der Waals surface area contributed by atoms with Gasteiger partial charge in [0.1, 0.15) is 30.0 Å². The Morgan fingerprint density at radius 3 is 2.48 bits per heavy atom. The van der Waals surface area contributed by atoms with E-state index in [1.807, 2.05) is 30.3 Å². The van der Waals surface area contributed by atoms with E-state index in [-0.39, 0.29) is 18.9 Å². The lowest BCUT2D eigenvalue weighted by molar-refractivity contribution is -0.285. The summed E-state index contributed by atoms with van der Waals surface area (Å²) in [6.07, 6.45) is -0.535. The van der Waals surface area contributed by atoms with Crippen molar-refractivity contribution in [2.24, 2.45) is 0 Å². The van der Waals surface area contributed by atoms with Crippen molar-refractivity contribution in [3.05, 3.63) is 48.0 Å². The normalized spacial score (nSPS) is 36.3. The van der Waals surface area contributed by atoms with E-state index >= 15 is 0 Å². The highest BCUT2D eigenvalue weighted by atomic mass is 16.7. The summed E-state index contributed by atoms with van der Waals surface area (Å²) in [5.74, 6) is -0.328. The first-order valence-electron chi connectivity index (χ1n) is 7.33. The molecule has 1 saturated heterocycles. The van der Waals surface area contributed by atoms with Gasteiger partial charge < -0.3 is 20.4 Å². The van der Waals surface area contributed by atoms with Crippen LogP contribution in [-0.4, -0.2) is 61.4 Å². The number of carbonyl (C=O) groups is 1. The molecule has 2 aliphatic rings. The third-order valence-corrected chi connectivity index (χ3v) is 4.48. The highest BCUT2D eigenvalue weighted by Gasteiger charge is 2.62. The maximum absolute atomic E-state index is 11.9. The summed E-state index contributed by atoms with van der Waals surface area (Å²) in [5.41, 5.74) is -2.31. The van der Waals surface area contributed by atoms with Crippen LogP contribution in [0.5, 0.6) is 0 Å². The maximum Gasteiger partial charge on any atom is 0.249 e. The van der Waals surface area contributed by atoms with Crippen LogP contribution in [0.15, 0.2) is 42.5 Å². The van der Waals surface area contributed by atoms with Crippen molar-refractivity contribution in [1.29, 1.82) is 0 Å². The third kappa shape index (κ3) is 2.46. The van der Waals surface area contributed by atoms with Gasteiger partial charge in [-0.1, -0.05) is 36.4 Å². The van der Waals surface area contributed by atoms with Crippen molar-refractivity contribution in [2.75, 3.05) is 6.61 Å². The Kier molecular flexibility index (Phi) is 3.99. The molecular weight excluding hydrogens is 302 g/mol. The van der Waals surface area contributed by atoms with Crippen LogP contribution in [0.25, 0.3) is 0 Å². The summed E-state index contributed by atoms with van der Waals surface area (Å²) in [6, 6.07) is 9.21. The molecule has 1 heterocycles. The van der Waals surface area contributed by atoms with E-state index in [9.17, 15) is 25.2 Å². The average Bonchev–Trinajstić information content (AvgIpc) is 2.56. The Labute approximate surface area is 133 Å². The molecule has 0 aromatic heterocycles. The van der Waals surface area contributed by atoms with Crippen LogP contribution in [0.2, 0.25) is 0 Å². The van der Waals surface area contributed by atoms with Crippen molar-refractivity contribution in [2.45, 2.75) is 36.4 Å². The number of carbonyl (C=O) groups excluding carboxylic acids is 1. The van der Waals surface area contributed by atoms with Gasteiger partial charge in [0.15, 0.2) is 0 Å². The molecule has 7 heteroatoms. The molecule has 0 saturated carbocycles. The second kappa shape index (κ2) is 5.70. The molecule has 0 bridgehead atoms. The van der Waals surface area contributed by atoms with Gasteiger partial charge in [0.05, 0.1) is 13.0 Å². The van der Waals surface area contributed by atoms with E-state index in [1.165, 1.54) is 12.2 Å². The Morgan fingerprint density at radius 2 is 1.87 bits per heavy atom. The fourth-order valence-corrected chi connectivity index (χ4v) is 2.96. The zero-order valence-corrected chi connectivity index (χ0v) is 12.4. The first kappa shape index (κ1) is 16.1. The molecule has 3 rings (SSSR count). The number of hydroxylamine groups is 2. The number of amides is 1. The average molecular weight is 321 g/mol. The van der Waals surface area contributed by atoms with Crippen molar-refractivity contribution >= 4 is 5.91 Å². The smallest absolute Gasteiger partial charge is 0.249 e. The van der Waals surface area contributed by atoms with E-state index in [0.717, 1.165) is 10.6 Å². The van der Waals surface area contributed by atoms with Crippen LogP contribution < -0.4 is 0 Å². The van der Waals surface area contributed by atoms with E-state index in [4.69, 9.17) is 4.84 Å². The van der Waals surface area contributed by atoms with Crippen LogP contribution in [0.4, 0.5) is 0 Å². The van der Waals surface area contributed by atoms with Crippen LogP contribution in [-0.2, 0) is 16.2 Å². The van der Waals surface area contributed by atoms with Crippen molar-refractivity contribution < 1.29 is 30.1 Å². The van der Waals surface area contributed by atoms with Gasteiger partial charge in [0.2, 0.25) is 5.91 Å². The van der Waals surface area contributed by atoms with Gasteiger partial charge in [-0.25, -0.2) is 5.06 Å². The Balaban J connectivity index is 1.79. The predicted molar refractivity (Wildman–Crippen MR) is 78.6 cm³/mol. The fraction of sp³-hybridized carbons (Fsp3) is 0.438. The second-order valence-electron chi connectivity index (χ2n) is 5.99. The zero-order chi connectivity index (χ0) is 16.7. The van der Waals surface area contributed by atoms with Gasteiger partial charge in [0, 0.05) is 0 Å². The number of hydrogen-bond acceptors (Lipinski definition) is 6. The van der Waals surface area contributed by atoms with Gasteiger partial charge in [-0.3, -0.25) is 9.63 Å². The summed E-state index contributed by atoms with van der Waals surface area (Å²) < 4.78 is 0. The maximum atomic E-state index is 11.9. The minimum absolute atomic E-state index is 0.0436. The Morgan fingerprint density at radius 1 is 1.17 bits per heavy atom. The summed E-state index contributed by atoms with van der Waals surface area (Å²) in [7, 11) is 0. The molecule has 1 aliphatic heterocycles. The van der Waals surface area contributed by atoms with Crippen LogP contribution in [0.3, 0.4) is 0 Å². The Bertz CT molecular complexity index is 620. The Hall–Kier alpha value is -1.77. The molecule has 1 aromatic rings. The number of hydrogen-bond donors (Lipinski definition) is 4. The lowest BCUT2D eigenvalue weighted by Crippen LogP contribution is -2.74. The van der Waals surface area contributed by atoms with E-state index in [0.29, 0.717) is 0 Å². The van der Waals surface area contributed by atoms with Crippen LogP contribution in [0.1, 0.15) is 12.0 Å². The fourth-order valence-electron chi connectivity index (χ4n) is 2.96. The van der Waals surface area contributed by atoms with Crippen LogP contribution in [0, 0.1) is 0 Å². The molecule has 4 N–H and O–H groups in total. The molecule has 1 fully saturated rings. The van der Waals surface area contributed by atoms with Crippen molar-refractivity contribution in [3.63, 3.8) is 0 Å². The minimum Gasteiger partial charge on any atom is -0.393 e. The van der Waals surface area contributed by atoms with Gasteiger partial charge in [0.25, 0.3) is 0 Å². The van der Waals surface area contributed by atoms with E-state index < -0.39 is 30.0 Å². The van der Waals surface area contributed by atoms with Crippen molar-refractivity contribution in [1.82, 2.24) is 5.06 Å². The molecule has 1 amide bonds. The predicted octanol–water partition coefficient (Wildman–Crippen LogP) is -0.896. The number of β-lactam (4-membered cyclic amide) rings is 1. The summed E-state index contributed by atoms with van der Waals surface area (Å²) in [6.45, 7) is -0.605. The SMILES string of the molecule is O=C1C[C@]2(C=C[C@@](O)(CO)[C@@H](O)[C@H]2O)N1OCc1ccccc1. The molecule has 0 radical (unpaired) electrons. The molecule has 23 heavy (non-hydrogen) atoms. The van der Waals surface area contributed by atoms with E-state index in [2.05, 4.69) is 0 Å². The first-order valence-corrected chi connectivity index (χ1v) is 7.33. The lowest BCUT2D eigenvalue weighted by atomic mass is 9.70. The molecule has 1 spiro atoms. The monoisotopic (exact) mass is 321 g/mol. The van der Waals surface area contributed by atoms with Gasteiger partial charge in [-0.2, -0.15) is 0 Å². The van der Waals surface area contributed by atoms with Gasteiger partial charge in [-0.15, -0.1) is 0 Å². The third-order valence-electron chi connectivity index (χ3n) is 4.48. The summed E-state index contributed by atoms with van der Waals surface area (Å²) in [4.78, 5) is 17.4. The number of rotatable bonds is 4. The van der Waals surface area contributed by atoms with Gasteiger partial charge >= 0.3 is 0 Å². The summed E-state index contributed by atoms with van der Waals surface area (Å²) >= 11 is 0. The van der Waals surface area contributed by atoms with Gasteiger partial charge in [-0.05, 0) is 11.6 Å². The zero-order valence-electron chi connectivity index (χ0n) is 12.4. The molecule has 1 aliphatic carbocycles. The van der Waals surface area contributed by atoms with Crippen molar-refractivity contribution in [3.8, 4) is 0 Å². The highest BCUT2D eigenvalue weighted by Crippen LogP contribution is 2.43. The minimum atomic E-state index is -1.94. The molecule has 0 unspecified atom stereocenters. The lowest BCUT2D eigenvalue weighted by Gasteiger charge is -2.55. The number of nitrogens with zero attached hydrogens (tertiary/aromatic N) is 1. The second-order valence-corrected chi connectivity index (χ2v) is 5.99. The summed E-state index contributed by atoms with van der Waals surface area (Å²) in [5, 5.41) is 40.7. The number of aliphatic hydroxyl groups excluding tert-OH is 3.